The predicted molar refractivity (Wildman–Crippen MR) is 64.6 cm³/mol. The molecular weight excluding hydrogens is 313 g/mol. The molecule has 0 N–H and O–H groups in total. The highest BCUT2D eigenvalue weighted by Crippen LogP contribution is 2.15. The Kier molecular flexibility index (Phi) is 3.91. The van der Waals surface area contributed by atoms with Crippen LogP contribution < -0.4 is 0 Å². The normalized spacial score (nSPS) is 12.0. The van der Waals surface area contributed by atoms with Crippen molar-refractivity contribution in [3.05, 3.63) is 27.8 Å². The molecule has 5 heteroatoms. The molecule has 0 fully saturated rings. The van der Waals surface area contributed by atoms with Gasteiger partial charge >= 0.3 is 0 Å². The second-order valence-electron chi connectivity index (χ2n) is 2.87. The molecule has 0 aliphatic rings. The predicted octanol–water partition coefficient (Wildman–Crippen LogP) is 1.93. The maximum absolute atomic E-state index is 11.8. The number of hydrogen-bond acceptors (Lipinski definition) is 2. The van der Waals surface area contributed by atoms with E-state index in [-0.39, 0.29) is 0 Å². The van der Waals surface area contributed by atoms with E-state index in [1.165, 1.54) is 4.31 Å². The van der Waals surface area contributed by atoms with Crippen molar-refractivity contribution < 1.29 is 8.42 Å². The lowest BCUT2D eigenvalue weighted by atomic mass is 10.4. The number of sulfonamides is 1. The van der Waals surface area contributed by atoms with Crippen LogP contribution in [0.3, 0.4) is 0 Å². The summed E-state index contributed by atoms with van der Waals surface area (Å²) in [4.78, 5) is 0.349. The molecule has 0 saturated carbocycles. The van der Waals surface area contributed by atoms with E-state index in [2.05, 4.69) is 22.6 Å². The minimum Gasteiger partial charge on any atom is -0.207 e. The van der Waals surface area contributed by atoms with Crippen LogP contribution in [0.25, 0.3) is 0 Å². The average molecular weight is 325 g/mol. The van der Waals surface area contributed by atoms with Crippen LogP contribution in [0.15, 0.2) is 29.2 Å². The summed E-state index contributed by atoms with van der Waals surface area (Å²) in [6.07, 6.45) is 0. The fourth-order valence-electron chi connectivity index (χ4n) is 0.956. The summed E-state index contributed by atoms with van der Waals surface area (Å²) in [5.74, 6) is 0. The van der Waals surface area contributed by atoms with Gasteiger partial charge in [0.05, 0.1) is 4.90 Å². The molecule has 0 heterocycles. The molecule has 0 unspecified atom stereocenters. The summed E-state index contributed by atoms with van der Waals surface area (Å²) < 4.78 is 26.0. The molecule has 0 atom stereocenters. The van der Waals surface area contributed by atoms with E-state index in [0.717, 1.165) is 3.57 Å². The fraction of sp³-hybridized carbons (Fsp3) is 0.333. The Morgan fingerprint density at radius 1 is 1.29 bits per heavy atom. The van der Waals surface area contributed by atoms with Crippen LogP contribution in [0.2, 0.25) is 0 Å². The van der Waals surface area contributed by atoms with Crippen molar-refractivity contribution in [1.82, 2.24) is 4.31 Å². The van der Waals surface area contributed by atoms with Gasteiger partial charge < -0.3 is 0 Å². The highest BCUT2D eigenvalue weighted by atomic mass is 127. The summed E-state index contributed by atoms with van der Waals surface area (Å²) in [7, 11) is -1.70. The minimum absolute atomic E-state index is 0.349. The zero-order valence-electron chi connectivity index (χ0n) is 8.07. The van der Waals surface area contributed by atoms with Gasteiger partial charge in [-0.3, -0.25) is 0 Å². The third kappa shape index (κ3) is 2.46. The second kappa shape index (κ2) is 4.59. The lowest BCUT2D eigenvalue weighted by Gasteiger charge is -2.14. The molecule has 0 radical (unpaired) electrons. The number of nitrogens with zero attached hydrogens (tertiary/aromatic N) is 1. The van der Waals surface area contributed by atoms with Gasteiger partial charge in [0.15, 0.2) is 0 Å². The monoisotopic (exact) mass is 325 g/mol. The molecule has 0 spiro atoms. The Morgan fingerprint density at radius 2 is 1.79 bits per heavy atom. The van der Waals surface area contributed by atoms with Gasteiger partial charge in [0, 0.05) is 17.2 Å². The molecule has 0 saturated heterocycles. The van der Waals surface area contributed by atoms with Crippen LogP contribution in [-0.2, 0) is 10.0 Å². The summed E-state index contributed by atoms with van der Waals surface area (Å²) in [6, 6.07) is 6.83. The smallest absolute Gasteiger partial charge is 0.207 e. The Labute approximate surface area is 98.3 Å². The van der Waals surface area contributed by atoms with Crippen LogP contribution in [0.1, 0.15) is 6.92 Å². The third-order valence-corrected chi connectivity index (χ3v) is 4.63. The molecule has 1 aromatic rings. The van der Waals surface area contributed by atoms with Crippen molar-refractivity contribution >= 4 is 32.6 Å². The van der Waals surface area contributed by atoms with Crippen LogP contribution in [0, 0.1) is 3.57 Å². The average Bonchev–Trinajstić information content (AvgIpc) is 2.17. The van der Waals surface area contributed by atoms with Crippen LogP contribution in [-0.4, -0.2) is 26.3 Å². The van der Waals surface area contributed by atoms with Crippen molar-refractivity contribution in [3.8, 4) is 0 Å². The van der Waals surface area contributed by atoms with Crippen LogP contribution in [0.4, 0.5) is 0 Å². The van der Waals surface area contributed by atoms with Crippen LogP contribution in [0.5, 0.6) is 0 Å². The Balaban J connectivity index is 3.11. The first-order chi connectivity index (χ1) is 6.48. The van der Waals surface area contributed by atoms with E-state index >= 15 is 0 Å². The number of rotatable bonds is 3. The molecular formula is C9H12INO2S. The largest absolute Gasteiger partial charge is 0.242 e. The lowest BCUT2D eigenvalue weighted by Crippen LogP contribution is -2.26. The van der Waals surface area contributed by atoms with Gasteiger partial charge in [0.2, 0.25) is 10.0 Å². The topological polar surface area (TPSA) is 37.4 Å². The number of hydrogen-bond donors (Lipinski definition) is 0. The summed E-state index contributed by atoms with van der Waals surface area (Å²) >= 11 is 2.14. The first-order valence-electron chi connectivity index (χ1n) is 4.20. The molecule has 0 bridgehead atoms. The Bertz CT molecular complexity index is 399. The van der Waals surface area contributed by atoms with Crippen molar-refractivity contribution in [3.63, 3.8) is 0 Å². The first-order valence-corrected chi connectivity index (χ1v) is 6.72. The zero-order chi connectivity index (χ0) is 10.8. The molecule has 0 aromatic heterocycles. The molecule has 1 aromatic carbocycles. The SMILES string of the molecule is CCN(C)S(=O)(=O)c1ccc(I)cc1. The van der Waals surface area contributed by atoms with E-state index in [1.54, 1.807) is 31.3 Å². The molecule has 14 heavy (non-hydrogen) atoms. The van der Waals surface area contributed by atoms with Crippen molar-refractivity contribution in [1.29, 1.82) is 0 Å². The summed E-state index contributed by atoms with van der Waals surface area (Å²) in [5, 5.41) is 0. The number of benzene rings is 1. The maximum Gasteiger partial charge on any atom is 0.242 e. The van der Waals surface area contributed by atoms with E-state index < -0.39 is 10.0 Å². The summed E-state index contributed by atoms with van der Waals surface area (Å²) in [6.45, 7) is 2.29. The van der Waals surface area contributed by atoms with E-state index in [4.69, 9.17) is 0 Å². The second-order valence-corrected chi connectivity index (χ2v) is 6.16. The maximum atomic E-state index is 11.8. The van der Waals surface area contributed by atoms with E-state index in [1.807, 2.05) is 6.92 Å². The molecule has 78 valence electrons. The van der Waals surface area contributed by atoms with Crippen molar-refractivity contribution in [2.24, 2.45) is 0 Å². The summed E-state index contributed by atoms with van der Waals surface area (Å²) in [5.41, 5.74) is 0. The standard InChI is InChI=1S/C9H12INO2S/c1-3-11(2)14(12,13)9-6-4-8(10)5-7-9/h4-7H,3H2,1-2H3. The fourth-order valence-corrected chi connectivity index (χ4v) is 2.50. The van der Waals surface area contributed by atoms with Gasteiger partial charge in [-0.1, -0.05) is 6.92 Å². The van der Waals surface area contributed by atoms with Crippen molar-refractivity contribution in [2.45, 2.75) is 11.8 Å². The van der Waals surface area contributed by atoms with Gasteiger partial charge in [-0.05, 0) is 46.9 Å². The zero-order valence-corrected chi connectivity index (χ0v) is 11.0. The highest BCUT2D eigenvalue weighted by molar-refractivity contribution is 14.1. The Morgan fingerprint density at radius 3 is 2.21 bits per heavy atom. The highest BCUT2D eigenvalue weighted by Gasteiger charge is 2.18. The minimum atomic E-state index is -3.28. The quantitative estimate of drug-likeness (QED) is 0.797. The molecule has 1 rings (SSSR count). The van der Waals surface area contributed by atoms with Gasteiger partial charge in [-0.2, -0.15) is 0 Å². The third-order valence-electron chi connectivity index (χ3n) is 1.97. The lowest BCUT2D eigenvalue weighted by molar-refractivity contribution is 0.486. The molecule has 0 aliphatic carbocycles. The van der Waals surface area contributed by atoms with E-state index in [9.17, 15) is 8.42 Å². The molecule has 3 nitrogen and oxygen atoms in total. The first kappa shape index (κ1) is 11.9. The molecule has 0 aliphatic heterocycles. The van der Waals surface area contributed by atoms with Gasteiger partial charge in [0.1, 0.15) is 0 Å². The van der Waals surface area contributed by atoms with Crippen LogP contribution >= 0.6 is 22.6 Å². The number of halogens is 1. The van der Waals surface area contributed by atoms with E-state index in [0.29, 0.717) is 11.4 Å². The van der Waals surface area contributed by atoms with Gasteiger partial charge in [-0.25, -0.2) is 12.7 Å². The van der Waals surface area contributed by atoms with Gasteiger partial charge in [0.25, 0.3) is 0 Å². The van der Waals surface area contributed by atoms with Gasteiger partial charge in [-0.15, -0.1) is 0 Å². The Hall–Kier alpha value is -0.140. The van der Waals surface area contributed by atoms with Crippen molar-refractivity contribution in [2.75, 3.05) is 13.6 Å². The molecule has 0 amide bonds.